The molecule has 0 spiro atoms. The number of hydrogen-bond acceptors (Lipinski definition) is 3. The Hall–Kier alpha value is -2.17. The third-order valence-corrected chi connectivity index (χ3v) is 4.26. The number of nitrogens with zero attached hydrogens (tertiary/aromatic N) is 4. The Bertz CT molecular complexity index is 582. The fourth-order valence-corrected chi connectivity index (χ4v) is 3.05. The van der Waals surface area contributed by atoms with Crippen LogP contribution in [0.1, 0.15) is 37.3 Å². The van der Waals surface area contributed by atoms with Crippen molar-refractivity contribution in [2.75, 3.05) is 13.1 Å². The van der Waals surface area contributed by atoms with Gasteiger partial charge in [0.1, 0.15) is 12.7 Å². The van der Waals surface area contributed by atoms with Gasteiger partial charge in [0.05, 0.1) is 6.04 Å². The molecule has 1 atom stereocenters. The normalized spacial score (nSPS) is 18.4. The van der Waals surface area contributed by atoms with Crippen LogP contribution in [0.3, 0.4) is 0 Å². The SMILES string of the molecule is O=C(CCCc1ccccc1)N1CCC[C@H](n2cncn2)C1. The first-order chi connectivity index (χ1) is 10.8. The van der Waals surface area contributed by atoms with E-state index >= 15 is 0 Å². The number of piperidine rings is 1. The molecule has 0 unspecified atom stereocenters. The lowest BCUT2D eigenvalue weighted by Crippen LogP contribution is -2.40. The first-order valence-corrected chi connectivity index (χ1v) is 7.99. The van der Waals surface area contributed by atoms with Crippen molar-refractivity contribution in [2.45, 2.75) is 38.1 Å². The van der Waals surface area contributed by atoms with Crippen LogP contribution in [0.5, 0.6) is 0 Å². The summed E-state index contributed by atoms with van der Waals surface area (Å²) in [5.41, 5.74) is 1.30. The van der Waals surface area contributed by atoms with Crippen molar-refractivity contribution in [2.24, 2.45) is 0 Å². The van der Waals surface area contributed by atoms with Gasteiger partial charge in [-0.2, -0.15) is 5.10 Å². The summed E-state index contributed by atoms with van der Waals surface area (Å²) in [7, 11) is 0. The maximum absolute atomic E-state index is 12.4. The Morgan fingerprint density at radius 3 is 2.91 bits per heavy atom. The molecule has 5 nitrogen and oxygen atoms in total. The molecule has 5 heteroatoms. The lowest BCUT2D eigenvalue weighted by Gasteiger charge is -2.32. The van der Waals surface area contributed by atoms with E-state index in [-0.39, 0.29) is 11.9 Å². The minimum absolute atomic E-state index is 0.265. The fourth-order valence-electron chi connectivity index (χ4n) is 3.05. The molecule has 0 saturated carbocycles. The molecule has 1 saturated heterocycles. The topological polar surface area (TPSA) is 51.0 Å². The molecule has 1 aromatic carbocycles. The molecule has 1 aliphatic heterocycles. The summed E-state index contributed by atoms with van der Waals surface area (Å²) in [5, 5.41) is 4.20. The highest BCUT2D eigenvalue weighted by atomic mass is 16.2. The number of benzene rings is 1. The van der Waals surface area contributed by atoms with Crippen molar-refractivity contribution < 1.29 is 4.79 Å². The summed E-state index contributed by atoms with van der Waals surface area (Å²) in [6.07, 6.45) is 7.90. The molecule has 0 aliphatic carbocycles. The molecule has 1 aliphatic rings. The van der Waals surface area contributed by atoms with E-state index < -0.39 is 0 Å². The molecule has 1 aromatic heterocycles. The van der Waals surface area contributed by atoms with Crippen molar-refractivity contribution in [1.29, 1.82) is 0 Å². The molecule has 0 N–H and O–H groups in total. The monoisotopic (exact) mass is 298 g/mol. The Labute approximate surface area is 131 Å². The van der Waals surface area contributed by atoms with Gasteiger partial charge in [0.25, 0.3) is 0 Å². The summed E-state index contributed by atoms with van der Waals surface area (Å²) in [6, 6.07) is 10.6. The van der Waals surface area contributed by atoms with Crippen LogP contribution in [0.25, 0.3) is 0 Å². The van der Waals surface area contributed by atoms with E-state index in [0.717, 1.165) is 38.8 Å². The highest BCUT2D eigenvalue weighted by Gasteiger charge is 2.24. The fraction of sp³-hybridized carbons (Fsp3) is 0.471. The van der Waals surface area contributed by atoms with Crippen LogP contribution in [-0.4, -0.2) is 38.7 Å². The zero-order valence-corrected chi connectivity index (χ0v) is 12.8. The molecule has 22 heavy (non-hydrogen) atoms. The zero-order chi connectivity index (χ0) is 15.2. The Kier molecular flexibility index (Phi) is 4.83. The van der Waals surface area contributed by atoms with Crippen LogP contribution in [-0.2, 0) is 11.2 Å². The molecular formula is C17H22N4O. The average Bonchev–Trinajstić information content (AvgIpc) is 3.10. The standard InChI is InChI=1S/C17H22N4O/c22-17(10-4-8-15-6-2-1-3-7-15)20-11-5-9-16(12-20)21-14-18-13-19-21/h1-3,6-7,13-14,16H,4-5,8-12H2/t16-/m0/s1. The van der Waals surface area contributed by atoms with Crippen molar-refractivity contribution >= 4 is 5.91 Å². The lowest BCUT2D eigenvalue weighted by molar-refractivity contribution is -0.133. The minimum Gasteiger partial charge on any atom is -0.341 e. The van der Waals surface area contributed by atoms with Crippen LogP contribution in [0.15, 0.2) is 43.0 Å². The van der Waals surface area contributed by atoms with Gasteiger partial charge in [0, 0.05) is 19.5 Å². The number of likely N-dealkylation sites (tertiary alicyclic amines) is 1. The quantitative estimate of drug-likeness (QED) is 0.852. The van der Waals surface area contributed by atoms with Crippen LogP contribution < -0.4 is 0 Å². The number of carbonyl (C=O) groups excluding carboxylic acids is 1. The van der Waals surface area contributed by atoms with Crippen molar-refractivity contribution in [1.82, 2.24) is 19.7 Å². The Balaban J connectivity index is 1.47. The smallest absolute Gasteiger partial charge is 0.222 e. The molecule has 116 valence electrons. The summed E-state index contributed by atoms with van der Waals surface area (Å²) in [4.78, 5) is 18.4. The lowest BCUT2D eigenvalue weighted by atomic mass is 10.0. The van der Waals surface area contributed by atoms with Crippen LogP contribution in [0, 0.1) is 0 Å². The van der Waals surface area contributed by atoms with Gasteiger partial charge in [-0.1, -0.05) is 30.3 Å². The highest BCUT2D eigenvalue weighted by molar-refractivity contribution is 5.76. The molecule has 0 radical (unpaired) electrons. The summed E-state index contributed by atoms with van der Waals surface area (Å²) < 4.78 is 1.88. The summed E-state index contributed by atoms with van der Waals surface area (Å²) in [6.45, 7) is 1.63. The van der Waals surface area contributed by atoms with Gasteiger partial charge in [0.2, 0.25) is 5.91 Å². The van der Waals surface area contributed by atoms with Gasteiger partial charge in [-0.3, -0.25) is 4.79 Å². The van der Waals surface area contributed by atoms with Gasteiger partial charge in [-0.05, 0) is 31.2 Å². The van der Waals surface area contributed by atoms with E-state index in [1.165, 1.54) is 5.56 Å². The number of amides is 1. The van der Waals surface area contributed by atoms with Crippen LogP contribution in [0.4, 0.5) is 0 Å². The zero-order valence-electron chi connectivity index (χ0n) is 12.8. The maximum atomic E-state index is 12.4. The molecule has 2 heterocycles. The van der Waals surface area contributed by atoms with Crippen molar-refractivity contribution in [3.63, 3.8) is 0 Å². The van der Waals surface area contributed by atoms with E-state index in [1.807, 2.05) is 27.8 Å². The summed E-state index contributed by atoms with van der Waals surface area (Å²) >= 11 is 0. The Morgan fingerprint density at radius 1 is 1.27 bits per heavy atom. The van der Waals surface area contributed by atoms with Crippen molar-refractivity contribution in [3.05, 3.63) is 48.5 Å². The molecule has 1 fully saturated rings. The Morgan fingerprint density at radius 2 is 2.14 bits per heavy atom. The molecule has 2 aromatic rings. The third-order valence-electron chi connectivity index (χ3n) is 4.26. The minimum atomic E-state index is 0.265. The predicted octanol–water partition coefficient (Wildman–Crippen LogP) is 2.46. The first-order valence-electron chi connectivity index (χ1n) is 7.99. The van der Waals surface area contributed by atoms with E-state index in [0.29, 0.717) is 6.42 Å². The largest absolute Gasteiger partial charge is 0.341 e. The third kappa shape index (κ3) is 3.72. The average molecular weight is 298 g/mol. The second-order valence-corrected chi connectivity index (χ2v) is 5.85. The highest BCUT2D eigenvalue weighted by Crippen LogP contribution is 2.21. The van der Waals surface area contributed by atoms with E-state index in [9.17, 15) is 4.79 Å². The predicted molar refractivity (Wildman–Crippen MR) is 84.3 cm³/mol. The van der Waals surface area contributed by atoms with Gasteiger partial charge >= 0.3 is 0 Å². The molecule has 0 bridgehead atoms. The van der Waals surface area contributed by atoms with Gasteiger partial charge in [0.15, 0.2) is 0 Å². The van der Waals surface area contributed by atoms with Gasteiger partial charge in [-0.15, -0.1) is 0 Å². The number of rotatable bonds is 5. The molecule has 3 rings (SSSR count). The molecule has 1 amide bonds. The van der Waals surface area contributed by atoms with E-state index in [2.05, 4.69) is 22.2 Å². The van der Waals surface area contributed by atoms with Gasteiger partial charge < -0.3 is 4.90 Å². The first kappa shape index (κ1) is 14.8. The van der Waals surface area contributed by atoms with Crippen molar-refractivity contribution in [3.8, 4) is 0 Å². The number of hydrogen-bond donors (Lipinski definition) is 0. The second-order valence-electron chi connectivity index (χ2n) is 5.85. The number of carbonyl (C=O) groups is 1. The number of aromatic nitrogens is 3. The summed E-state index contributed by atoms with van der Waals surface area (Å²) in [5.74, 6) is 0.265. The van der Waals surface area contributed by atoms with E-state index in [1.54, 1.807) is 12.7 Å². The van der Waals surface area contributed by atoms with E-state index in [4.69, 9.17) is 0 Å². The van der Waals surface area contributed by atoms with Crippen LogP contribution in [0.2, 0.25) is 0 Å². The molecular weight excluding hydrogens is 276 g/mol. The number of aryl methyl sites for hydroxylation is 1. The maximum Gasteiger partial charge on any atom is 0.222 e. The van der Waals surface area contributed by atoms with Gasteiger partial charge in [-0.25, -0.2) is 9.67 Å². The second kappa shape index (κ2) is 7.20. The van der Waals surface area contributed by atoms with Crippen LogP contribution >= 0.6 is 0 Å².